The van der Waals surface area contributed by atoms with E-state index in [1.54, 1.807) is 24.1 Å². The van der Waals surface area contributed by atoms with Crippen LogP contribution < -0.4 is 10.5 Å². The Morgan fingerprint density at radius 3 is 2.76 bits per heavy atom. The molecule has 1 aromatic rings. The van der Waals surface area contributed by atoms with E-state index in [1.165, 1.54) is 12.1 Å². The average Bonchev–Trinajstić information content (AvgIpc) is 2.54. The second-order valence-corrected chi connectivity index (χ2v) is 5.25. The van der Waals surface area contributed by atoms with Crippen LogP contribution in [0.15, 0.2) is 24.3 Å². The lowest BCUT2D eigenvalue weighted by molar-refractivity contribution is -0.141. The number of carbonyl (C=O) groups is 1. The number of nitrogens with two attached hydrogens (primary N) is 1. The highest BCUT2D eigenvalue weighted by Gasteiger charge is 2.37. The van der Waals surface area contributed by atoms with Gasteiger partial charge in [0, 0.05) is 13.7 Å². The molecule has 5 nitrogen and oxygen atoms in total. The average molecular weight is 296 g/mol. The molecule has 0 aromatic heterocycles. The Bertz CT molecular complexity index is 480. The number of carbonyl (C=O) groups excluding carboxylic acids is 1. The first-order valence-electron chi connectivity index (χ1n) is 7.00. The van der Waals surface area contributed by atoms with Crippen LogP contribution in [0.2, 0.25) is 0 Å². The van der Waals surface area contributed by atoms with Crippen molar-refractivity contribution >= 4 is 5.91 Å². The number of benzene rings is 1. The van der Waals surface area contributed by atoms with E-state index in [0.29, 0.717) is 25.4 Å². The Morgan fingerprint density at radius 1 is 1.43 bits per heavy atom. The van der Waals surface area contributed by atoms with E-state index in [2.05, 4.69) is 0 Å². The van der Waals surface area contributed by atoms with E-state index in [4.69, 9.17) is 15.2 Å². The molecule has 2 N–H and O–H groups in total. The summed E-state index contributed by atoms with van der Waals surface area (Å²) < 4.78 is 24.2. The molecule has 0 spiro atoms. The largest absolute Gasteiger partial charge is 0.491 e. The van der Waals surface area contributed by atoms with E-state index >= 15 is 0 Å². The van der Waals surface area contributed by atoms with E-state index in [1.807, 2.05) is 0 Å². The summed E-state index contributed by atoms with van der Waals surface area (Å²) in [4.78, 5) is 13.5. The quantitative estimate of drug-likeness (QED) is 0.886. The van der Waals surface area contributed by atoms with Crippen LogP contribution in [-0.2, 0) is 9.53 Å². The number of methoxy groups -OCH3 is 1. The minimum atomic E-state index is -0.544. The molecule has 1 saturated heterocycles. The Morgan fingerprint density at radius 2 is 2.14 bits per heavy atom. The lowest BCUT2D eigenvalue weighted by Gasteiger charge is -2.41. The number of likely N-dealkylation sites (tertiary alicyclic amines) is 1. The molecule has 0 unspecified atom stereocenters. The van der Waals surface area contributed by atoms with Crippen LogP contribution in [0.25, 0.3) is 0 Å². The van der Waals surface area contributed by atoms with Crippen molar-refractivity contribution in [1.82, 2.24) is 4.90 Å². The van der Waals surface area contributed by atoms with Crippen molar-refractivity contribution in [3.63, 3.8) is 0 Å². The summed E-state index contributed by atoms with van der Waals surface area (Å²) in [6, 6.07) is 5.84. The summed E-state index contributed by atoms with van der Waals surface area (Å²) >= 11 is 0. The van der Waals surface area contributed by atoms with Gasteiger partial charge >= 0.3 is 0 Å². The number of ether oxygens (including phenoxy) is 2. The maximum atomic E-state index is 12.9. The smallest absolute Gasteiger partial charge is 0.236 e. The third-order valence-corrected chi connectivity index (χ3v) is 3.82. The molecule has 1 aliphatic rings. The van der Waals surface area contributed by atoms with Crippen LogP contribution in [0.1, 0.15) is 12.8 Å². The molecule has 2 rings (SSSR count). The van der Waals surface area contributed by atoms with E-state index in [0.717, 1.165) is 12.8 Å². The molecule has 1 aromatic carbocycles. The first-order valence-corrected chi connectivity index (χ1v) is 7.00. The van der Waals surface area contributed by atoms with Crippen molar-refractivity contribution in [3.05, 3.63) is 30.1 Å². The SMILES string of the molecule is CO[C@@]1(COc2ccc(F)cc2)CCCN(C(=O)CN)C1. The molecule has 0 aliphatic carbocycles. The third kappa shape index (κ3) is 3.92. The highest BCUT2D eigenvalue weighted by Crippen LogP contribution is 2.26. The minimum absolute atomic E-state index is 0.00138. The van der Waals surface area contributed by atoms with Gasteiger partial charge in [-0.2, -0.15) is 0 Å². The van der Waals surface area contributed by atoms with Gasteiger partial charge in [0.15, 0.2) is 0 Å². The fraction of sp³-hybridized carbons (Fsp3) is 0.533. The van der Waals surface area contributed by atoms with Crippen molar-refractivity contribution in [3.8, 4) is 5.75 Å². The third-order valence-electron chi connectivity index (χ3n) is 3.82. The topological polar surface area (TPSA) is 64.8 Å². The zero-order chi connectivity index (χ0) is 15.3. The van der Waals surface area contributed by atoms with Crippen LogP contribution in [0.3, 0.4) is 0 Å². The molecule has 6 heteroatoms. The summed E-state index contributed by atoms with van der Waals surface area (Å²) in [7, 11) is 1.62. The number of piperidine rings is 1. The molecule has 1 fully saturated rings. The molecule has 0 bridgehead atoms. The predicted molar refractivity (Wildman–Crippen MR) is 76.5 cm³/mol. The monoisotopic (exact) mass is 296 g/mol. The van der Waals surface area contributed by atoms with Gasteiger partial charge in [-0.15, -0.1) is 0 Å². The summed E-state index contributed by atoms with van der Waals surface area (Å²) in [6.07, 6.45) is 1.64. The molecular weight excluding hydrogens is 275 g/mol. The molecule has 1 aliphatic heterocycles. The van der Waals surface area contributed by atoms with Gasteiger partial charge in [-0.3, -0.25) is 4.79 Å². The van der Waals surface area contributed by atoms with Crippen LogP contribution in [0.5, 0.6) is 5.75 Å². The second kappa shape index (κ2) is 6.87. The van der Waals surface area contributed by atoms with Gasteiger partial charge in [0.25, 0.3) is 0 Å². The molecule has 1 heterocycles. The van der Waals surface area contributed by atoms with Gasteiger partial charge in [-0.05, 0) is 37.1 Å². The number of hydrogen-bond acceptors (Lipinski definition) is 4. The Labute approximate surface area is 123 Å². The second-order valence-electron chi connectivity index (χ2n) is 5.25. The fourth-order valence-corrected chi connectivity index (χ4v) is 2.53. The Balaban J connectivity index is 2.00. The van der Waals surface area contributed by atoms with Gasteiger partial charge in [0.1, 0.15) is 23.8 Å². The lowest BCUT2D eigenvalue weighted by Crippen LogP contribution is -2.55. The Hall–Kier alpha value is -1.66. The number of halogens is 1. The lowest BCUT2D eigenvalue weighted by atomic mass is 9.93. The first-order chi connectivity index (χ1) is 10.1. The van der Waals surface area contributed by atoms with E-state index in [-0.39, 0.29) is 18.3 Å². The fourth-order valence-electron chi connectivity index (χ4n) is 2.53. The van der Waals surface area contributed by atoms with E-state index in [9.17, 15) is 9.18 Å². The van der Waals surface area contributed by atoms with Gasteiger partial charge in [0.05, 0.1) is 13.1 Å². The summed E-state index contributed by atoms with van der Waals surface area (Å²) in [5.41, 5.74) is 4.87. The number of rotatable bonds is 5. The molecule has 21 heavy (non-hydrogen) atoms. The van der Waals surface area contributed by atoms with Gasteiger partial charge in [0.2, 0.25) is 5.91 Å². The zero-order valence-electron chi connectivity index (χ0n) is 12.2. The van der Waals surface area contributed by atoms with Crippen molar-refractivity contribution in [2.45, 2.75) is 18.4 Å². The maximum absolute atomic E-state index is 12.9. The molecule has 116 valence electrons. The van der Waals surface area contributed by atoms with E-state index < -0.39 is 5.60 Å². The number of nitrogens with zero attached hydrogens (tertiary/aromatic N) is 1. The molecule has 1 atom stereocenters. The van der Waals surface area contributed by atoms with Crippen LogP contribution in [-0.4, -0.2) is 49.8 Å². The molecule has 0 saturated carbocycles. The van der Waals surface area contributed by atoms with Crippen molar-refractivity contribution < 1.29 is 18.7 Å². The van der Waals surface area contributed by atoms with Gasteiger partial charge < -0.3 is 20.1 Å². The highest BCUT2D eigenvalue weighted by atomic mass is 19.1. The predicted octanol–water partition coefficient (Wildman–Crippen LogP) is 1.17. The highest BCUT2D eigenvalue weighted by molar-refractivity contribution is 5.78. The maximum Gasteiger partial charge on any atom is 0.236 e. The number of hydrogen-bond donors (Lipinski definition) is 1. The standard InChI is InChI=1S/C15H21FN2O3/c1-20-15(7-2-8-18(10-15)14(19)9-17)11-21-13-5-3-12(16)4-6-13/h3-6H,2,7-11,17H2,1H3/t15-/m0/s1. The zero-order valence-corrected chi connectivity index (χ0v) is 12.2. The van der Waals surface area contributed by atoms with Crippen LogP contribution >= 0.6 is 0 Å². The summed E-state index contributed by atoms with van der Waals surface area (Å²) in [5, 5.41) is 0. The van der Waals surface area contributed by atoms with Crippen LogP contribution in [0, 0.1) is 5.82 Å². The van der Waals surface area contributed by atoms with Crippen molar-refractivity contribution in [2.75, 3.05) is 33.4 Å². The molecule has 0 radical (unpaired) electrons. The summed E-state index contributed by atoms with van der Waals surface area (Å²) in [6.45, 7) is 1.46. The Kier molecular flexibility index (Phi) is 5.14. The summed E-state index contributed by atoms with van der Waals surface area (Å²) in [5.74, 6) is 0.189. The van der Waals surface area contributed by atoms with Gasteiger partial charge in [-0.25, -0.2) is 4.39 Å². The molecule has 1 amide bonds. The van der Waals surface area contributed by atoms with Gasteiger partial charge in [-0.1, -0.05) is 0 Å². The first kappa shape index (κ1) is 15.7. The van der Waals surface area contributed by atoms with Crippen molar-refractivity contribution in [2.24, 2.45) is 5.73 Å². The number of amides is 1. The molecular formula is C15H21FN2O3. The minimum Gasteiger partial charge on any atom is -0.491 e. The van der Waals surface area contributed by atoms with Crippen LogP contribution in [0.4, 0.5) is 4.39 Å². The normalized spacial score (nSPS) is 22.1. The van der Waals surface area contributed by atoms with Crippen molar-refractivity contribution in [1.29, 1.82) is 0 Å².